The van der Waals surface area contributed by atoms with Crippen molar-refractivity contribution in [3.8, 4) is 0 Å². The van der Waals surface area contributed by atoms with E-state index in [2.05, 4.69) is 4.52 Å². The molecule has 3 N–H and O–H groups in total. The van der Waals surface area contributed by atoms with Gasteiger partial charge in [0.1, 0.15) is 17.2 Å². The first kappa shape index (κ1) is 13.0. The number of aliphatic carboxylic acids is 1. The van der Waals surface area contributed by atoms with E-state index in [9.17, 15) is 14.2 Å². The van der Waals surface area contributed by atoms with Gasteiger partial charge in [0, 0.05) is 0 Å². The Hall–Kier alpha value is -0.970. The van der Waals surface area contributed by atoms with E-state index in [0.717, 1.165) is 12.9 Å². The lowest BCUT2D eigenvalue weighted by Crippen LogP contribution is -2.17. The number of carbonyl (C=O) groups excluding carboxylic acids is 1. The van der Waals surface area contributed by atoms with Crippen LogP contribution in [0.5, 0.6) is 0 Å². The predicted molar refractivity (Wildman–Crippen MR) is 44.3 cm³/mol. The van der Waals surface area contributed by atoms with E-state index in [-0.39, 0.29) is 0 Å². The fourth-order valence-corrected chi connectivity index (χ4v) is 1.54. The van der Waals surface area contributed by atoms with Gasteiger partial charge >= 0.3 is 13.6 Å². The van der Waals surface area contributed by atoms with Crippen molar-refractivity contribution in [3.05, 3.63) is 5.57 Å². The summed E-state index contributed by atoms with van der Waals surface area (Å²) in [7, 11) is -4.34. The van der Waals surface area contributed by atoms with E-state index in [1.165, 1.54) is 0 Å². The van der Waals surface area contributed by atoms with Crippen LogP contribution in [0.25, 0.3) is 0 Å². The maximum atomic E-state index is 11.1. The third-order valence-electron chi connectivity index (χ3n) is 1.49. The van der Waals surface area contributed by atoms with Crippen LogP contribution < -0.4 is 0 Å². The summed E-state index contributed by atoms with van der Waals surface area (Å²) in [4.78, 5) is 29.6. The smallest absolute Gasteiger partial charge is 0.343 e. The number of hydrogen-bond donors (Lipinski definition) is 3. The SMILES string of the molecule is CC(C(=C=O)C(=O)O)P(=O)(O)OCO. The topological polar surface area (TPSA) is 121 Å². The molecule has 80 valence electrons. The van der Waals surface area contributed by atoms with Gasteiger partial charge in [-0.3, -0.25) is 9.09 Å². The fourth-order valence-electron chi connectivity index (χ4n) is 0.665. The van der Waals surface area contributed by atoms with Crippen molar-refractivity contribution in [3.63, 3.8) is 0 Å². The zero-order valence-corrected chi connectivity index (χ0v) is 8.10. The van der Waals surface area contributed by atoms with Crippen molar-refractivity contribution in [1.82, 2.24) is 0 Å². The van der Waals surface area contributed by atoms with Crippen LogP contribution in [0.4, 0.5) is 0 Å². The molecule has 0 amide bonds. The van der Waals surface area contributed by atoms with Gasteiger partial charge in [-0.05, 0) is 6.92 Å². The molecule has 0 aliphatic heterocycles. The Morgan fingerprint density at radius 2 is 2.14 bits per heavy atom. The summed E-state index contributed by atoms with van der Waals surface area (Å²) in [6.45, 7) is -0.0192. The number of carbonyl (C=O) groups is 1. The van der Waals surface area contributed by atoms with Crippen molar-refractivity contribution in [2.45, 2.75) is 12.6 Å². The van der Waals surface area contributed by atoms with E-state index >= 15 is 0 Å². The lowest BCUT2D eigenvalue weighted by molar-refractivity contribution is -0.132. The van der Waals surface area contributed by atoms with Crippen LogP contribution in [0.15, 0.2) is 5.57 Å². The van der Waals surface area contributed by atoms with Gasteiger partial charge in [-0.25, -0.2) is 9.59 Å². The van der Waals surface area contributed by atoms with E-state index < -0.39 is 31.6 Å². The average molecular weight is 224 g/mol. The van der Waals surface area contributed by atoms with Crippen molar-refractivity contribution >= 4 is 19.5 Å². The molecule has 0 bridgehead atoms. The number of aliphatic hydroxyl groups is 1. The van der Waals surface area contributed by atoms with E-state index in [0.29, 0.717) is 0 Å². The summed E-state index contributed by atoms with van der Waals surface area (Å²) in [5.41, 5.74) is -2.44. The Balaban J connectivity index is 4.94. The maximum absolute atomic E-state index is 11.1. The second-order valence-electron chi connectivity index (χ2n) is 2.32. The molecule has 0 rings (SSSR count). The monoisotopic (exact) mass is 224 g/mol. The number of rotatable bonds is 5. The molecule has 0 aliphatic carbocycles. The Morgan fingerprint density at radius 1 is 1.64 bits per heavy atom. The van der Waals surface area contributed by atoms with E-state index in [1.54, 1.807) is 0 Å². The summed E-state index contributed by atoms with van der Waals surface area (Å²) in [5.74, 6) is -0.611. The van der Waals surface area contributed by atoms with Crippen LogP contribution in [0.3, 0.4) is 0 Å². The van der Waals surface area contributed by atoms with Gasteiger partial charge < -0.3 is 15.1 Å². The highest BCUT2D eigenvalue weighted by Crippen LogP contribution is 2.49. The van der Waals surface area contributed by atoms with Gasteiger partial charge in [-0.15, -0.1) is 0 Å². The lowest BCUT2D eigenvalue weighted by Gasteiger charge is -2.16. The number of aliphatic hydroxyl groups excluding tert-OH is 1. The highest BCUT2D eigenvalue weighted by Gasteiger charge is 2.35. The lowest BCUT2D eigenvalue weighted by atomic mass is 10.2. The van der Waals surface area contributed by atoms with Crippen LogP contribution in [0.1, 0.15) is 6.92 Å². The first-order valence-corrected chi connectivity index (χ1v) is 5.07. The Morgan fingerprint density at radius 3 is 2.43 bits per heavy atom. The maximum Gasteiger partial charge on any atom is 0.343 e. The summed E-state index contributed by atoms with van der Waals surface area (Å²) >= 11 is 0. The van der Waals surface area contributed by atoms with Crippen LogP contribution in [0, 0.1) is 0 Å². The fraction of sp³-hybridized carbons (Fsp3) is 0.500. The second kappa shape index (κ2) is 5.05. The second-order valence-corrected chi connectivity index (χ2v) is 4.48. The van der Waals surface area contributed by atoms with Crippen molar-refractivity contribution in [2.75, 3.05) is 6.79 Å². The minimum atomic E-state index is -4.34. The Labute approximate surface area is 79.2 Å². The highest BCUT2D eigenvalue weighted by molar-refractivity contribution is 7.54. The predicted octanol–water partition coefficient (Wildman–Crippen LogP) is -0.631. The first-order chi connectivity index (χ1) is 6.36. The molecule has 2 atom stereocenters. The van der Waals surface area contributed by atoms with Gasteiger partial charge in [0.15, 0.2) is 6.79 Å². The largest absolute Gasteiger partial charge is 0.477 e. The zero-order valence-electron chi connectivity index (χ0n) is 7.21. The highest BCUT2D eigenvalue weighted by atomic mass is 31.2. The molecular weight excluding hydrogens is 215 g/mol. The van der Waals surface area contributed by atoms with Crippen LogP contribution in [0.2, 0.25) is 0 Å². The summed E-state index contributed by atoms with van der Waals surface area (Å²) in [5, 5.41) is 16.7. The molecule has 0 fully saturated rings. The summed E-state index contributed by atoms with van der Waals surface area (Å²) in [6.07, 6.45) is 0. The summed E-state index contributed by atoms with van der Waals surface area (Å²) in [6, 6.07) is 0. The van der Waals surface area contributed by atoms with E-state index in [4.69, 9.17) is 15.1 Å². The molecule has 0 aromatic heterocycles. The summed E-state index contributed by atoms with van der Waals surface area (Å²) < 4.78 is 15.2. The quantitative estimate of drug-likeness (QED) is 0.246. The third-order valence-corrected chi connectivity index (χ3v) is 3.21. The Kier molecular flexibility index (Phi) is 4.70. The molecule has 0 aromatic carbocycles. The van der Waals surface area contributed by atoms with Crippen LogP contribution in [-0.2, 0) is 18.7 Å². The molecule has 7 nitrogen and oxygen atoms in total. The van der Waals surface area contributed by atoms with Crippen molar-refractivity contribution in [2.24, 2.45) is 0 Å². The van der Waals surface area contributed by atoms with E-state index in [1.807, 2.05) is 0 Å². The standard InChI is InChI=1S/C6H9O7P/c1-4(5(2-7)6(9)10)14(11,12)13-3-8/h4,8H,3H2,1H3,(H,9,10)(H,11,12). The number of hydrogen-bond acceptors (Lipinski definition) is 5. The molecule has 0 saturated heterocycles. The Bertz CT molecular complexity index is 316. The average Bonchev–Trinajstić information content (AvgIpc) is 2.04. The molecule has 2 unspecified atom stereocenters. The van der Waals surface area contributed by atoms with Crippen molar-refractivity contribution < 1.29 is 33.8 Å². The van der Waals surface area contributed by atoms with Gasteiger partial charge in [0.2, 0.25) is 0 Å². The molecule has 0 heterocycles. The molecule has 0 saturated carbocycles. The molecule has 8 heteroatoms. The molecule has 0 aliphatic rings. The molecule has 0 radical (unpaired) electrons. The molecule has 0 aromatic rings. The first-order valence-electron chi connectivity index (χ1n) is 3.43. The van der Waals surface area contributed by atoms with Crippen LogP contribution >= 0.6 is 7.60 Å². The molecular formula is C6H9O7P. The third kappa shape index (κ3) is 3.06. The van der Waals surface area contributed by atoms with Gasteiger partial charge in [0.05, 0.1) is 0 Å². The zero-order chi connectivity index (χ0) is 11.4. The van der Waals surface area contributed by atoms with Gasteiger partial charge in [-0.1, -0.05) is 0 Å². The number of carboxylic acids is 1. The normalized spacial score (nSPS) is 16.5. The number of carboxylic acid groups (broad SMARTS) is 1. The minimum Gasteiger partial charge on any atom is -0.477 e. The minimum absolute atomic E-state index is 0.899. The molecule has 0 spiro atoms. The van der Waals surface area contributed by atoms with Gasteiger partial charge in [-0.2, -0.15) is 0 Å². The van der Waals surface area contributed by atoms with Gasteiger partial charge in [0.25, 0.3) is 0 Å². The van der Waals surface area contributed by atoms with Crippen molar-refractivity contribution in [1.29, 1.82) is 0 Å². The van der Waals surface area contributed by atoms with Crippen LogP contribution in [-0.4, -0.2) is 39.5 Å². The molecule has 14 heavy (non-hydrogen) atoms.